The highest BCUT2D eigenvalue weighted by Crippen LogP contribution is 2.55. The van der Waals surface area contributed by atoms with E-state index in [1.54, 1.807) is 99.6 Å². The molecule has 0 fully saturated rings. The normalized spacial score (nSPS) is 11.9. The highest BCUT2D eigenvalue weighted by atomic mass is 35.5. The van der Waals surface area contributed by atoms with Gasteiger partial charge in [0.05, 0.1) is 18.8 Å². The fourth-order valence-electron chi connectivity index (χ4n) is 4.68. The van der Waals surface area contributed by atoms with Crippen molar-refractivity contribution < 1.29 is 51.8 Å². The van der Waals surface area contributed by atoms with Gasteiger partial charge in [0.15, 0.2) is 6.61 Å². The predicted molar refractivity (Wildman–Crippen MR) is 198 cm³/mol. The van der Waals surface area contributed by atoms with Crippen molar-refractivity contribution >= 4 is 49.0 Å². The standard InChI is InChI=1S/C39H40ClN2O11P/c1-5-33(43)49-27-34(44)52-38(54(48,50-25-28-15-9-6-10-16-28)51-26-29-17-11-7-12-18-29)53-37(47)41(35(45)31-21-23-32(40)24-22-31)42(39(2,3)4)36(46)30-19-13-8-14-20-30/h6-24,38H,5,25-27H2,1-4H3. The maximum Gasteiger partial charge on any atom is 0.440 e. The third-order valence-corrected chi connectivity index (χ3v) is 9.30. The van der Waals surface area contributed by atoms with Gasteiger partial charge in [-0.25, -0.2) is 14.6 Å². The third kappa shape index (κ3) is 11.6. The molecule has 4 rings (SSSR count). The molecule has 0 N–H and O–H groups in total. The molecular weight excluding hydrogens is 739 g/mol. The van der Waals surface area contributed by atoms with Crippen molar-refractivity contribution in [1.82, 2.24) is 10.0 Å². The molecule has 284 valence electrons. The first kappa shape index (κ1) is 41.4. The Morgan fingerprint density at radius 1 is 0.667 bits per heavy atom. The molecule has 0 bridgehead atoms. The van der Waals surface area contributed by atoms with E-state index in [0.717, 1.165) is 5.01 Å². The van der Waals surface area contributed by atoms with Crippen LogP contribution in [0.15, 0.2) is 115 Å². The van der Waals surface area contributed by atoms with Crippen LogP contribution in [0.3, 0.4) is 0 Å². The second kappa shape index (κ2) is 19.1. The Bertz CT molecular complexity index is 1890. The first-order valence-corrected chi connectivity index (χ1v) is 18.7. The second-order valence-electron chi connectivity index (χ2n) is 12.5. The summed E-state index contributed by atoms with van der Waals surface area (Å²) in [5, 5.41) is 1.57. The zero-order valence-electron chi connectivity index (χ0n) is 30.1. The molecule has 0 spiro atoms. The molecule has 1 unspecified atom stereocenters. The number of carbonyl (C=O) groups is 5. The SMILES string of the molecule is CCC(=O)OCC(=O)OC(OC(=O)N(C(=O)c1ccc(Cl)cc1)N(C(=O)c1ccccc1)C(C)(C)C)P(=O)(OCc1ccccc1)OCc1ccccc1. The van der Waals surface area contributed by atoms with Crippen molar-refractivity contribution in [1.29, 1.82) is 0 Å². The van der Waals surface area contributed by atoms with E-state index in [1.807, 2.05) is 0 Å². The smallest absolute Gasteiger partial charge is 0.440 e. The molecule has 0 saturated heterocycles. The molecule has 13 nitrogen and oxygen atoms in total. The molecule has 0 heterocycles. The van der Waals surface area contributed by atoms with Gasteiger partial charge in [0.1, 0.15) is 0 Å². The Hall–Kier alpha value is -5.33. The Balaban J connectivity index is 1.82. The molecule has 54 heavy (non-hydrogen) atoms. The van der Waals surface area contributed by atoms with Crippen molar-refractivity contribution in [3.63, 3.8) is 0 Å². The van der Waals surface area contributed by atoms with Crippen LogP contribution in [0.5, 0.6) is 0 Å². The highest BCUT2D eigenvalue weighted by Gasteiger charge is 2.48. The first-order valence-electron chi connectivity index (χ1n) is 16.7. The van der Waals surface area contributed by atoms with E-state index < -0.39 is 55.6 Å². The summed E-state index contributed by atoms with van der Waals surface area (Å²) >= 11 is 6.07. The molecule has 0 saturated carbocycles. The number of hydrogen-bond donors (Lipinski definition) is 0. The lowest BCUT2D eigenvalue weighted by molar-refractivity contribution is -0.171. The van der Waals surface area contributed by atoms with E-state index in [-0.39, 0.29) is 35.8 Å². The molecule has 0 aliphatic carbocycles. The molecular formula is C39H40ClN2O11P. The van der Waals surface area contributed by atoms with Crippen molar-refractivity contribution in [2.24, 2.45) is 0 Å². The number of nitrogens with zero attached hydrogens (tertiary/aromatic N) is 2. The van der Waals surface area contributed by atoms with Crippen LogP contribution in [-0.2, 0) is 50.6 Å². The number of amides is 3. The van der Waals surface area contributed by atoms with Gasteiger partial charge in [-0.15, -0.1) is 5.01 Å². The topological polar surface area (TPSA) is 155 Å². The average molecular weight is 779 g/mol. The number of ether oxygens (including phenoxy) is 3. The minimum Gasteiger partial charge on any atom is -0.454 e. The molecule has 4 aromatic carbocycles. The molecule has 1 atom stereocenters. The van der Waals surface area contributed by atoms with Crippen LogP contribution >= 0.6 is 19.2 Å². The van der Waals surface area contributed by atoms with E-state index in [0.29, 0.717) is 16.1 Å². The van der Waals surface area contributed by atoms with Gasteiger partial charge in [-0.05, 0) is 68.3 Å². The van der Waals surface area contributed by atoms with E-state index in [1.165, 1.54) is 43.3 Å². The quantitative estimate of drug-likeness (QED) is 0.0527. The molecule has 0 aliphatic heterocycles. The summed E-state index contributed by atoms with van der Waals surface area (Å²) in [6.45, 7) is 4.53. The van der Waals surface area contributed by atoms with Crippen LogP contribution in [-0.4, -0.2) is 58.0 Å². The minimum absolute atomic E-state index is 0.0651. The zero-order chi connectivity index (χ0) is 39.3. The number of carbonyl (C=O) groups excluding carboxylic acids is 5. The number of rotatable bonds is 14. The fourth-order valence-corrected chi connectivity index (χ4v) is 6.25. The van der Waals surface area contributed by atoms with Crippen molar-refractivity contribution in [3.8, 4) is 0 Å². The number of imide groups is 1. The van der Waals surface area contributed by atoms with E-state index in [9.17, 15) is 28.5 Å². The Labute approximate surface area is 318 Å². The lowest BCUT2D eigenvalue weighted by Crippen LogP contribution is -2.60. The van der Waals surface area contributed by atoms with Crippen molar-refractivity contribution in [2.45, 2.75) is 58.9 Å². The number of benzene rings is 4. The van der Waals surface area contributed by atoms with Gasteiger partial charge >= 0.3 is 31.7 Å². The number of hydrazine groups is 1. The monoisotopic (exact) mass is 778 g/mol. The van der Waals surface area contributed by atoms with Crippen molar-refractivity contribution in [3.05, 3.63) is 143 Å². The van der Waals surface area contributed by atoms with Crippen LogP contribution in [0, 0.1) is 0 Å². The molecule has 0 aromatic heterocycles. The summed E-state index contributed by atoms with van der Waals surface area (Å²) in [7, 11) is -4.91. The summed E-state index contributed by atoms with van der Waals surface area (Å²) in [5.74, 6) is -3.87. The molecule has 0 radical (unpaired) electrons. The van der Waals surface area contributed by atoms with Gasteiger partial charge in [0.25, 0.3) is 11.8 Å². The maximum absolute atomic E-state index is 14.8. The summed E-state index contributed by atoms with van der Waals surface area (Å²) in [6.07, 6.45) is -1.66. The fraction of sp³-hybridized carbons (Fsp3) is 0.256. The van der Waals surface area contributed by atoms with E-state index in [2.05, 4.69) is 0 Å². The van der Waals surface area contributed by atoms with Gasteiger partial charge in [-0.1, -0.05) is 97.4 Å². The van der Waals surface area contributed by atoms with Crippen molar-refractivity contribution in [2.75, 3.05) is 6.61 Å². The molecule has 15 heteroatoms. The average Bonchev–Trinajstić information content (AvgIpc) is 3.17. The Morgan fingerprint density at radius 2 is 1.15 bits per heavy atom. The number of hydrogen-bond acceptors (Lipinski definition) is 11. The molecule has 0 aliphatic rings. The van der Waals surface area contributed by atoms with Gasteiger partial charge < -0.3 is 14.2 Å². The van der Waals surface area contributed by atoms with Gasteiger partial charge in [0, 0.05) is 22.6 Å². The minimum atomic E-state index is -4.91. The van der Waals surface area contributed by atoms with Gasteiger partial charge in [-0.2, -0.15) is 0 Å². The maximum atomic E-state index is 14.8. The Morgan fingerprint density at radius 3 is 1.63 bits per heavy atom. The summed E-state index contributed by atoms with van der Waals surface area (Å²) < 4.78 is 42.4. The largest absolute Gasteiger partial charge is 0.454 e. The Kier molecular flexibility index (Phi) is 14.7. The van der Waals surface area contributed by atoms with Crippen LogP contribution < -0.4 is 0 Å². The number of halogens is 1. The van der Waals surface area contributed by atoms with Gasteiger partial charge in [0.2, 0.25) is 0 Å². The number of esters is 2. The van der Waals surface area contributed by atoms with Crippen LogP contribution in [0.4, 0.5) is 4.79 Å². The second-order valence-corrected chi connectivity index (χ2v) is 15.0. The van der Waals surface area contributed by atoms with Gasteiger partial charge in [-0.3, -0.25) is 28.0 Å². The molecule has 4 aromatic rings. The lowest BCUT2D eigenvalue weighted by atomic mass is 10.1. The summed E-state index contributed by atoms with van der Waals surface area (Å²) in [6, 6.07) is 27.9. The van der Waals surface area contributed by atoms with Crippen LogP contribution in [0.1, 0.15) is 66.0 Å². The lowest BCUT2D eigenvalue weighted by Gasteiger charge is -2.41. The van der Waals surface area contributed by atoms with Crippen LogP contribution in [0.2, 0.25) is 5.02 Å². The highest BCUT2D eigenvalue weighted by molar-refractivity contribution is 7.54. The zero-order valence-corrected chi connectivity index (χ0v) is 31.7. The van der Waals surface area contributed by atoms with E-state index in [4.69, 9.17) is 34.9 Å². The van der Waals surface area contributed by atoms with Crippen LogP contribution in [0.25, 0.3) is 0 Å². The summed E-state index contributed by atoms with van der Waals surface area (Å²) in [5.41, 5.74) is -0.207. The first-order chi connectivity index (χ1) is 25.7. The predicted octanol–water partition coefficient (Wildman–Crippen LogP) is 8.18. The van der Waals surface area contributed by atoms with E-state index >= 15 is 0 Å². The molecule has 3 amide bonds. The summed E-state index contributed by atoms with van der Waals surface area (Å²) in [4.78, 5) is 67.9. The third-order valence-electron chi connectivity index (χ3n) is 7.34.